The molecule has 21 heavy (non-hydrogen) atoms. The molecule has 0 saturated heterocycles. The van der Waals surface area contributed by atoms with E-state index in [0.717, 1.165) is 5.56 Å². The van der Waals surface area contributed by atoms with Gasteiger partial charge in [-0.25, -0.2) is 0 Å². The Hall–Kier alpha value is -2.48. The van der Waals surface area contributed by atoms with Crippen molar-refractivity contribution >= 4 is 29.2 Å². The number of non-ortho nitro benzene ring substituents is 1. The van der Waals surface area contributed by atoms with E-state index < -0.39 is 4.92 Å². The first-order valence-corrected chi connectivity index (χ1v) is 6.39. The molecule has 0 amide bonds. The first-order valence-electron chi connectivity index (χ1n) is 6.02. The number of hydrogen-bond acceptors (Lipinski definition) is 7. The summed E-state index contributed by atoms with van der Waals surface area (Å²) in [4.78, 5) is 24.0. The maximum atomic E-state index is 10.6. The number of benzene rings is 1. The molecular weight excluding hydrogens is 296 g/mol. The molecule has 2 aromatic rings. The number of nitrogens with zero attached hydrogens (tertiary/aromatic N) is 5. The van der Waals surface area contributed by atoms with Crippen LogP contribution in [-0.4, -0.2) is 34.0 Å². The van der Waals surface area contributed by atoms with E-state index in [0.29, 0.717) is 18.4 Å². The van der Waals surface area contributed by atoms with Gasteiger partial charge in [-0.3, -0.25) is 10.1 Å². The average Bonchev–Trinajstić information content (AvgIpc) is 2.45. The van der Waals surface area contributed by atoms with E-state index in [2.05, 4.69) is 20.3 Å². The average molecular weight is 309 g/mol. The number of nitrogens with one attached hydrogen (secondary N) is 1. The molecule has 0 saturated carbocycles. The summed E-state index contributed by atoms with van der Waals surface area (Å²) >= 11 is 5.83. The van der Waals surface area contributed by atoms with Crippen LogP contribution in [0.2, 0.25) is 5.28 Å². The predicted molar refractivity (Wildman–Crippen MR) is 79.6 cm³/mol. The largest absolute Gasteiger partial charge is 0.350 e. The fraction of sp³-hybridized carbons (Fsp3) is 0.250. The van der Waals surface area contributed by atoms with E-state index in [1.54, 1.807) is 31.1 Å². The molecule has 9 heteroatoms. The minimum absolute atomic E-state index is 0.0526. The van der Waals surface area contributed by atoms with Gasteiger partial charge in [-0.05, 0) is 17.2 Å². The van der Waals surface area contributed by atoms with Gasteiger partial charge in [-0.2, -0.15) is 15.0 Å². The third-order valence-corrected chi connectivity index (χ3v) is 2.76. The molecule has 0 radical (unpaired) electrons. The van der Waals surface area contributed by atoms with Crippen LogP contribution in [0.1, 0.15) is 5.56 Å². The van der Waals surface area contributed by atoms with Gasteiger partial charge in [0.1, 0.15) is 0 Å². The second-order valence-electron chi connectivity index (χ2n) is 4.40. The summed E-state index contributed by atoms with van der Waals surface area (Å²) in [5.74, 6) is 0.790. The van der Waals surface area contributed by atoms with E-state index in [4.69, 9.17) is 11.6 Å². The van der Waals surface area contributed by atoms with Crippen molar-refractivity contribution < 1.29 is 4.92 Å². The zero-order valence-electron chi connectivity index (χ0n) is 11.4. The summed E-state index contributed by atoms with van der Waals surface area (Å²) in [5.41, 5.74) is 0.917. The highest BCUT2D eigenvalue weighted by molar-refractivity contribution is 6.28. The molecule has 1 heterocycles. The van der Waals surface area contributed by atoms with Crippen molar-refractivity contribution in [2.45, 2.75) is 6.54 Å². The van der Waals surface area contributed by atoms with Gasteiger partial charge in [0.05, 0.1) is 4.92 Å². The highest BCUT2D eigenvalue weighted by Gasteiger charge is 2.07. The Labute approximate surface area is 126 Å². The molecule has 110 valence electrons. The first-order chi connectivity index (χ1) is 9.95. The highest BCUT2D eigenvalue weighted by atomic mass is 35.5. The molecule has 0 aliphatic carbocycles. The maximum absolute atomic E-state index is 10.6. The summed E-state index contributed by atoms with van der Waals surface area (Å²) in [6.07, 6.45) is 0. The standard InChI is InChI=1S/C12H13ClN6O2/c1-18(2)12-16-10(13)15-11(17-12)14-7-8-3-5-9(6-4-8)19(20)21/h3-6H,7H2,1-2H3,(H,14,15,16,17). The van der Waals surface area contributed by atoms with E-state index >= 15 is 0 Å². The van der Waals surface area contributed by atoms with Crippen LogP contribution in [-0.2, 0) is 6.54 Å². The van der Waals surface area contributed by atoms with Crippen LogP contribution in [0, 0.1) is 10.1 Å². The summed E-state index contributed by atoms with van der Waals surface area (Å²) in [6.45, 7) is 0.422. The molecule has 0 spiro atoms. The second-order valence-corrected chi connectivity index (χ2v) is 4.74. The smallest absolute Gasteiger partial charge is 0.269 e. The van der Waals surface area contributed by atoms with Crippen molar-refractivity contribution in [1.82, 2.24) is 15.0 Å². The normalized spacial score (nSPS) is 10.2. The minimum atomic E-state index is -0.438. The van der Waals surface area contributed by atoms with Crippen LogP contribution in [0.4, 0.5) is 17.6 Å². The van der Waals surface area contributed by atoms with Gasteiger partial charge in [0.25, 0.3) is 5.69 Å². The van der Waals surface area contributed by atoms with E-state index in [1.165, 1.54) is 12.1 Å². The number of halogens is 1. The highest BCUT2D eigenvalue weighted by Crippen LogP contribution is 2.14. The van der Waals surface area contributed by atoms with Gasteiger partial charge in [-0.1, -0.05) is 12.1 Å². The van der Waals surface area contributed by atoms with Crippen LogP contribution >= 0.6 is 11.6 Å². The van der Waals surface area contributed by atoms with Gasteiger partial charge in [0.15, 0.2) is 0 Å². The molecule has 0 atom stereocenters. The third-order valence-electron chi connectivity index (χ3n) is 2.59. The zero-order chi connectivity index (χ0) is 15.4. The van der Waals surface area contributed by atoms with Gasteiger partial charge in [0.2, 0.25) is 17.2 Å². The molecule has 0 unspecified atom stereocenters. The Bertz CT molecular complexity index is 647. The van der Waals surface area contributed by atoms with Crippen molar-refractivity contribution in [3.63, 3.8) is 0 Å². The predicted octanol–water partition coefficient (Wildman–Crippen LogP) is 2.11. The number of anilines is 2. The summed E-state index contributed by atoms with van der Waals surface area (Å²) in [6, 6.07) is 6.23. The SMILES string of the molecule is CN(C)c1nc(Cl)nc(NCc2ccc([N+](=O)[O-])cc2)n1. The Morgan fingerprint density at radius 2 is 1.90 bits per heavy atom. The van der Waals surface area contributed by atoms with Gasteiger partial charge in [-0.15, -0.1) is 0 Å². The molecule has 8 nitrogen and oxygen atoms in total. The van der Waals surface area contributed by atoms with Crippen LogP contribution < -0.4 is 10.2 Å². The van der Waals surface area contributed by atoms with Crippen LogP contribution in [0.5, 0.6) is 0 Å². The third kappa shape index (κ3) is 3.99. The van der Waals surface area contributed by atoms with E-state index in [1.807, 2.05) is 0 Å². The van der Waals surface area contributed by atoms with Crippen molar-refractivity contribution in [1.29, 1.82) is 0 Å². The number of nitro benzene ring substituents is 1. The molecule has 1 aromatic heterocycles. The Balaban J connectivity index is 2.07. The number of hydrogen-bond donors (Lipinski definition) is 1. The molecule has 0 aliphatic heterocycles. The quantitative estimate of drug-likeness (QED) is 0.667. The van der Waals surface area contributed by atoms with Crippen LogP contribution in [0.3, 0.4) is 0 Å². The summed E-state index contributed by atoms with van der Waals surface area (Å²) in [7, 11) is 3.59. The number of aromatic nitrogens is 3. The lowest BCUT2D eigenvalue weighted by molar-refractivity contribution is -0.384. The fourth-order valence-corrected chi connectivity index (χ4v) is 1.69. The minimum Gasteiger partial charge on any atom is -0.350 e. The monoisotopic (exact) mass is 308 g/mol. The fourth-order valence-electron chi connectivity index (χ4n) is 1.54. The molecular formula is C12H13ClN6O2. The summed E-state index contributed by atoms with van der Waals surface area (Å²) in [5, 5.41) is 13.7. The van der Waals surface area contributed by atoms with Crippen LogP contribution in [0.15, 0.2) is 24.3 Å². The molecule has 1 N–H and O–H groups in total. The van der Waals surface area contributed by atoms with Crippen molar-refractivity contribution in [2.24, 2.45) is 0 Å². The molecule has 2 rings (SSSR count). The summed E-state index contributed by atoms with van der Waals surface area (Å²) < 4.78 is 0. The van der Waals surface area contributed by atoms with Gasteiger partial charge in [0, 0.05) is 32.8 Å². The second kappa shape index (κ2) is 6.31. The van der Waals surface area contributed by atoms with Crippen molar-refractivity contribution in [3.8, 4) is 0 Å². The van der Waals surface area contributed by atoms with Gasteiger partial charge < -0.3 is 10.2 Å². The number of nitro groups is 1. The zero-order valence-corrected chi connectivity index (χ0v) is 12.2. The molecule has 1 aromatic carbocycles. The number of rotatable bonds is 5. The topological polar surface area (TPSA) is 97.1 Å². The lowest BCUT2D eigenvalue weighted by Gasteiger charge is -2.11. The lowest BCUT2D eigenvalue weighted by atomic mass is 10.2. The van der Waals surface area contributed by atoms with Crippen LogP contribution in [0.25, 0.3) is 0 Å². The Kier molecular flexibility index (Phi) is 4.49. The van der Waals surface area contributed by atoms with E-state index in [-0.39, 0.29) is 11.0 Å². The van der Waals surface area contributed by atoms with Crippen molar-refractivity contribution in [2.75, 3.05) is 24.3 Å². The molecule has 0 fully saturated rings. The first kappa shape index (κ1) is 14.9. The van der Waals surface area contributed by atoms with Gasteiger partial charge >= 0.3 is 0 Å². The maximum Gasteiger partial charge on any atom is 0.269 e. The van der Waals surface area contributed by atoms with Crippen molar-refractivity contribution in [3.05, 3.63) is 45.2 Å². The lowest BCUT2D eigenvalue weighted by Crippen LogP contribution is -2.15. The Morgan fingerprint density at radius 3 is 2.48 bits per heavy atom. The van der Waals surface area contributed by atoms with E-state index in [9.17, 15) is 10.1 Å². The molecule has 0 bridgehead atoms. The molecule has 0 aliphatic rings. The Morgan fingerprint density at radius 1 is 1.24 bits per heavy atom.